The molecule has 0 aromatic carbocycles. The highest BCUT2D eigenvalue weighted by Gasteiger charge is 2.59. The van der Waals surface area contributed by atoms with Crippen molar-refractivity contribution in [3.63, 3.8) is 0 Å². The second-order valence-corrected chi connectivity index (χ2v) is 9.46. The number of fused-ring (bicyclic) bond motifs is 5. The van der Waals surface area contributed by atoms with Gasteiger partial charge in [0, 0.05) is 12.8 Å². The zero-order valence-electron chi connectivity index (χ0n) is 16.1. The minimum Gasteiger partial charge on any atom is -0.295 e. The van der Waals surface area contributed by atoms with Crippen LogP contribution >= 0.6 is 0 Å². The van der Waals surface area contributed by atoms with Gasteiger partial charge >= 0.3 is 0 Å². The fourth-order valence-electron chi connectivity index (χ4n) is 6.85. The third-order valence-electron chi connectivity index (χ3n) is 8.31. The Morgan fingerprint density at radius 3 is 2.64 bits per heavy atom. The standard InChI is InChI=1S/C23H32O2/c1-4-5-6-19-21(25)14-20-17-8-7-15-13-16(24)9-11-22(15,2)18(17)10-12-23(19,20)3/h6,13,17-18,20H,4-5,7-12,14H2,1-3H3/b19-6+/t17-,18+,20+,22+,23-/m1/s1. The number of carbonyl (C=O) groups is 2. The van der Waals surface area contributed by atoms with E-state index in [1.165, 1.54) is 18.4 Å². The normalized spacial score (nSPS) is 45.0. The first-order valence-electron chi connectivity index (χ1n) is 10.4. The van der Waals surface area contributed by atoms with Crippen molar-refractivity contribution in [3.05, 3.63) is 23.3 Å². The lowest BCUT2D eigenvalue weighted by Gasteiger charge is -2.57. The molecule has 0 aromatic heterocycles. The van der Waals surface area contributed by atoms with E-state index in [2.05, 4.69) is 26.8 Å². The molecule has 4 aliphatic rings. The Hall–Kier alpha value is -1.18. The van der Waals surface area contributed by atoms with Crippen molar-refractivity contribution in [2.24, 2.45) is 28.6 Å². The van der Waals surface area contributed by atoms with Crippen LogP contribution in [0.15, 0.2) is 23.3 Å². The summed E-state index contributed by atoms with van der Waals surface area (Å²) in [5.41, 5.74) is 2.88. The SMILES string of the molecule is CCC/C=C1\C(=O)C[C@H]2[C@@H]3CCC4=CC(=O)CC[C@]4(C)[C@H]3CC[C@]12C. The van der Waals surface area contributed by atoms with Gasteiger partial charge in [0.1, 0.15) is 0 Å². The van der Waals surface area contributed by atoms with Crippen LogP contribution in [0.1, 0.15) is 78.6 Å². The first kappa shape index (κ1) is 17.2. The molecule has 4 rings (SSSR count). The molecule has 2 nitrogen and oxygen atoms in total. The van der Waals surface area contributed by atoms with Crippen LogP contribution in [0.4, 0.5) is 0 Å². The molecule has 136 valence electrons. The Morgan fingerprint density at radius 1 is 1.08 bits per heavy atom. The topological polar surface area (TPSA) is 34.1 Å². The summed E-state index contributed by atoms with van der Waals surface area (Å²) in [7, 11) is 0. The number of unbranched alkanes of at least 4 members (excludes halogenated alkanes) is 1. The molecule has 0 spiro atoms. The summed E-state index contributed by atoms with van der Waals surface area (Å²) < 4.78 is 0. The Labute approximate surface area is 152 Å². The van der Waals surface area contributed by atoms with Crippen molar-refractivity contribution in [2.45, 2.75) is 78.6 Å². The summed E-state index contributed by atoms with van der Waals surface area (Å²) in [4.78, 5) is 24.7. The van der Waals surface area contributed by atoms with Gasteiger partial charge in [0.2, 0.25) is 0 Å². The predicted octanol–water partition coefficient (Wildman–Crippen LogP) is 5.42. The van der Waals surface area contributed by atoms with Crippen LogP contribution in [0.2, 0.25) is 0 Å². The number of hydrogen-bond donors (Lipinski definition) is 0. The summed E-state index contributed by atoms with van der Waals surface area (Å²) >= 11 is 0. The number of hydrogen-bond acceptors (Lipinski definition) is 2. The number of carbonyl (C=O) groups excluding carboxylic acids is 2. The van der Waals surface area contributed by atoms with E-state index in [9.17, 15) is 9.59 Å². The van der Waals surface area contributed by atoms with Crippen molar-refractivity contribution in [1.29, 1.82) is 0 Å². The van der Waals surface area contributed by atoms with Gasteiger partial charge in [0.05, 0.1) is 0 Å². The minimum atomic E-state index is 0.107. The van der Waals surface area contributed by atoms with E-state index in [0.29, 0.717) is 35.7 Å². The fourth-order valence-corrected chi connectivity index (χ4v) is 6.85. The summed E-state index contributed by atoms with van der Waals surface area (Å²) in [6.45, 7) is 6.97. The minimum absolute atomic E-state index is 0.107. The van der Waals surface area contributed by atoms with Gasteiger partial charge in [-0.1, -0.05) is 38.8 Å². The van der Waals surface area contributed by atoms with Gasteiger partial charge in [-0.05, 0) is 78.8 Å². The molecule has 3 fully saturated rings. The zero-order chi connectivity index (χ0) is 17.8. The molecule has 3 saturated carbocycles. The van der Waals surface area contributed by atoms with Crippen LogP contribution in [0, 0.1) is 28.6 Å². The highest BCUT2D eigenvalue weighted by Crippen LogP contribution is 2.65. The Morgan fingerprint density at radius 2 is 1.88 bits per heavy atom. The highest BCUT2D eigenvalue weighted by atomic mass is 16.1. The first-order chi connectivity index (χ1) is 11.9. The molecule has 0 saturated heterocycles. The van der Waals surface area contributed by atoms with Crippen LogP contribution in [-0.2, 0) is 9.59 Å². The lowest BCUT2D eigenvalue weighted by atomic mass is 9.47. The summed E-state index contributed by atoms with van der Waals surface area (Å²) in [6.07, 6.45) is 13.5. The zero-order valence-corrected chi connectivity index (χ0v) is 16.1. The lowest BCUT2D eigenvalue weighted by molar-refractivity contribution is -0.117. The van der Waals surface area contributed by atoms with Crippen molar-refractivity contribution >= 4 is 11.6 Å². The molecule has 0 aromatic rings. The predicted molar refractivity (Wildman–Crippen MR) is 100 cm³/mol. The number of allylic oxidation sites excluding steroid dienone is 3. The maximum absolute atomic E-state index is 12.8. The smallest absolute Gasteiger partial charge is 0.159 e. The van der Waals surface area contributed by atoms with Crippen LogP contribution in [-0.4, -0.2) is 11.6 Å². The third kappa shape index (κ3) is 2.43. The Bertz CT molecular complexity index is 670. The largest absolute Gasteiger partial charge is 0.295 e. The van der Waals surface area contributed by atoms with Crippen molar-refractivity contribution in [1.82, 2.24) is 0 Å². The molecule has 0 aliphatic heterocycles. The quantitative estimate of drug-likeness (QED) is 0.629. The van der Waals surface area contributed by atoms with Crippen LogP contribution < -0.4 is 0 Å². The van der Waals surface area contributed by atoms with E-state index in [-0.39, 0.29) is 10.8 Å². The molecular weight excluding hydrogens is 308 g/mol. The molecule has 0 N–H and O–H groups in total. The molecule has 25 heavy (non-hydrogen) atoms. The summed E-state index contributed by atoms with van der Waals surface area (Å²) in [5, 5.41) is 0. The lowest BCUT2D eigenvalue weighted by Crippen LogP contribution is -2.49. The average molecular weight is 341 g/mol. The monoisotopic (exact) mass is 340 g/mol. The Kier molecular flexibility index (Phi) is 4.09. The average Bonchev–Trinajstić information content (AvgIpc) is 2.84. The maximum Gasteiger partial charge on any atom is 0.159 e. The van der Waals surface area contributed by atoms with Crippen molar-refractivity contribution in [2.75, 3.05) is 0 Å². The third-order valence-corrected chi connectivity index (χ3v) is 8.31. The number of Topliss-reactive ketones (excluding diaryl/α,β-unsaturated/α-hetero) is 1. The molecule has 0 amide bonds. The van der Waals surface area contributed by atoms with Gasteiger partial charge in [-0.3, -0.25) is 9.59 Å². The van der Waals surface area contributed by atoms with Gasteiger partial charge in [-0.25, -0.2) is 0 Å². The molecule has 5 atom stereocenters. The van der Waals surface area contributed by atoms with Crippen LogP contribution in [0.25, 0.3) is 0 Å². The van der Waals surface area contributed by atoms with E-state index in [1.807, 2.05) is 6.08 Å². The summed E-state index contributed by atoms with van der Waals surface area (Å²) in [5.74, 6) is 2.60. The van der Waals surface area contributed by atoms with Gasteiger partial charge in [0.15, 0.2) is 11.6 Å². The molecule has 2 heteroatoms. The molecule has 0 heterocycles. The maximum atomic E-state index is 12.8. The van der Waals surface area contributed by atoms with E-state index >= 15 is 0 Å². The molecule has 0 bridgehead atoms. The van der Waals surface area contributed by atoms with Gasteiger partial charge in [0.25, 0.3) is 0 Å². The van der Waals surface area contributed by atoms with E-state index in [0.717, 1.165) is 44.1 Å². The van der Waals surface area contributed by atoms with Gasteiger partial charge in [-0.2, -0.15) is 0 Å². The van der Waals surface area contributed by atoms with Crippen LogP contribution in [0.5, 0.6) is 0 Å². The molecule has 4 aliphatic carbocycles. The molecule has 0 unspecified atom stereocenters. The number of ketones is 2. The highest BCUT2D eigenvalue weighted by molar-refractivity contribution is 5.99. The second-order valence-electron chi connectivity index (χ2n) is 9.46. The fraction of sp³-hybridized carbons (Fsp3) is 0.739. The van der Waals surface area contributed by atoms with E-state index in [1.54, 1.807) is 0 Å². The Balaban J connectivity index is 1.67. The second kappa shape index (κ2) is 5.93. The van der Waals surface area contributed by atoms with Gasteiger partial charge < -0.3 is 0 Å². The summed E-state index contributed by atoms with van der Waals surface area (Å²) in [6, 6.07) is 0. The van der Waals surface area contributed by atoms with E-state index < -0.39 is 0 Å². The number of rotatable bonds is 2. The van der Waals surface area contributed by atoms with Crippen molar-refractivity contribution in [3.8, 4) is 0 Å². The van der Waals surface area contributed by atoms with E-state index in [4.69, 9.17) is 0 Å². The van der Waals surface area contributed by atoms with Crippen LogP contribution in [0.3, 0.4) is 0 Å². The first-order valence-corrected chi connectivity index (χ1v) is 10.4. The van der Waals surface area contributed by atoms with Gasteiger partial charge in [-0.15, -0.1) is 0 Å². The molecule has 0 radical (unpaired) electrons. The van der Waals surface area contributed by atoms with Crippen molar-refractivity contribution < 1.29 is 9.59 Å². The molecular formula is C23H32O2.